The first-order valence-electron chi connectivity index (χ1n) is 6.62. The molecule has 1 unspecified atom stereocenters. The quantitative estimate of drug-likeness (QED) is 0.879. The average molecular weight is 275 g/mol. The number of primary amides is 1. The van der Waals surface area contributed by atoms with E-state index in [1.54, 1.807) is 13.8 Å². The number of fused-ring (bicyclic) bond motifs is 1. The molecule has 2 aromatic heterocycles. The molecule has 2 rings (SSSR count). The highest BCUT2D eigenvalue weighted by molar-refractivity contribution is 5.83. The number of hydrogen-bond acceptors (Lipinski definition) is 4. The number of aryl methyl sites for hydroxylation is 2. The fraction of sp³-hybridized carbons (Fsp3) is 0.500. The monoisotopic (exact) mass is 275 g/mol. The molecule has 0 spiro atoms. The van der Waals surface area contributed by atoms with Crippen molar-refractivity contribution < 1.29 is 4.79 Å². The predicted octanol–water partition coefficient (Wildman–Crippen LogP) is 1.26. The molecular formula is C14H21N5O. The maximum absolute atomic E-state index is 11.4. The molecule has 0 aliphatic carbocycles. The summed E-state index contributed by atoms with van der Waals surface area (Å²) >= 11 is 0. The van der Waals surface area contributed by atoms with Gasteiger partial charge in [-0.15, -0.1) is 0 Å². The van der Waals surface area contributed by atoms with Crippen molar-refractivity contribution in [1.29, 1.82) is 0 Å². The van der Waals surface area contributed by atoms with E-state index in [1.807, 2.05) is 37.5 Å². The number of rotatable bonds is 4. The van der Waals surface area contributed by atoms with Crippen LogP contribution in [0.1, 0.15) is 43.8 Å². The van der Waals surface area contributed by atoms with E-state index < -0.39 is 5.54 Å². The Morgan fingerprint density at radius 1 is 1.45 bits per heavy atom. The molecule has 0 bridgehead atoms. The van der Waals surface area contributed by atoms with Gasteiger partial charge >= 0.3 is 0 Å². The normalized spacial score (nSPS) is 13.7. The van der Waals surface area contributed by atoms with Crippen LogP contribution in [0, 0.1) is 13.8 Å². The first-order chi connectivity index (χ1) is 9.22. The van der Waals surface area contributed by atoms with Crippen LogP contribution in [0.5, 0.6) is 0 Å². The number of amides is 1. The summed E-state index contributed by atoms with van der Waals surface area (Å²) in [5.41, 5.74) is 8.37. The summed E-state index contributed by atoms with van der Waals surface area (Å²) in [6.45, 7) is 9.45. The first kappa shape index (κ1) is 14.5. The minimum Gasteiger partial charge on any atom is -0.368 e. The van der Waals surface area contributed by atoms with Crippen LogP contribution in [0.25, 0.3) is 5.65 Å². The van der Waals surface area contributed by atoms with Crippen LogP contribution < -0.4 is 11.1 Å². The molecule has 0 aliphatic heterocycles. The zero-order chi connectivity index (χ0) is 15.1. The third-order valence-electron chi connectivity index (χ3n) is 3.54. The van der Waals surface area contributed by atoms with Gasteiger partial charge in [-0.3, -0.25) is 10.1 Å². The van der Waals surface area contributed by atoms with Crippen LogP contribution >= 0.6 is 0 Å². The van der Waals surface area contributed by atoms with Gasteiger partial charge in [-0.05, 0) is 34.6 Å². The average Bonchev–Trinajstić information content (AvgIpc) is 2.70. The van der Waals surface area contributed by atoms with Gasteiger partial charge in [0.1, 0.15) is 0 Å². The van der Waals surface area contributed by atoms with Gasteiger partial charge in [0.25, 0.3) is 0 Å². The van der Waals surface area contributed by atoms with Crippen molar-refractivity contribution in [2.75, 3.05) is 0 Å². The van der Waals surface area contributed by atoms with Crippen LogP contribution in [0.3, 0.4) is 0 Å². The molecule has 3 N–H and O–H groups in total. The molecule has 20 heavy (non-hydrogen) atoms. The summed E-state index contributed by atoms with van der Waals surface area (Å²) < 4.78 is 1.82. The van der Waals surface area contributed by atoms with Crippen LogP contribution in [-0.4, -0.2) is 26.0 Å². The molecule has 0 radical (unpaired) electrons. The van der Waals surface area contributed by atoms with Crippen molar-refractivity contribution in [2.24, 2.45) is 5.73 Å². The van der Waals surface area contributed by atoms with Gasteiger partial charge in [0.05, 0.1) is 11.2 Å². The summed E-state index contributed by atoms with van der Waals surface area (Å²) in [5.74, 6) is -0.383. The van der Waals surface area contributed by atoms with Gasteiger partial charge in [-0.25, -0.2) is 9.50 Å². The predicted molar refractivity (Wildman–Crippen MR) is 77.3 cm³/mol. The third kappa shape index (κ3) is 2.51. The number of aromatic nitrogens is 3. The Balaban J connectivity index is 2.37. The maximum atomic E-state index is 11.4. The van der Waals surface area contributed by atoms with Gasteiger partial charge in [-0.1, -0.05) is 0 Å². The number of nitrogens with one attached hydrogen (secondary N) is 1. The van der Waals surface area contributed by atoms with E-state index in [1.165, 1.54) is 0 Å². The summed E-state index contributed by atoms with van der Waals surface area (Å²) in [6.07, 6.45) is 1.82. The molecule has 0 fully saturated rings. The molecule has 6 heteroatoms. The smallest absolute Gasteiger partial charge is 0.237 e. The number of nitrogens with zero attached hydrogens (tertiary/aromatic N) is 3. The van der Waals surface area contributed by atoms with E-state index in [9.17, 15) is 4.79 Å². The lowest BCUT2D eigenvalue weighted by Crippen LogP contribution is -2.51. The second-order valence-electron chi connectivity index (χ2n) is 5.71. The number of hydrogen-bond donors (Lipinski definition) is 2. The van der Waals surface area contributed by atoms with Crippen molar-refractivity contribution in [3.8, 4) is 0 Å². The maximum Gasteiger partial charge on any atom is 0.237 e. The molecule has 108 valence electrons. The highest BCUT2D eigenvalue weighted by Gasteiger charge is 2.27. The van der Waals surface area contributed by atoms with Gasteiger partial charge in [0.15, 0.2) is 5.65 Å². The van der Waals surface area contributed by atoms with Crippen LogP contribution in [0.2, 0.25) is 0 Å². The molecule has 2 aromatic rings. The SMILES string of the molecule is Cc1cc2ncc(C(C)NC(C)(C)C(N)=O)c(C)n2n1. The Hall–Kier alpha value is -1.95. The lowest BCUT2D eigenvalue weighted by Gasteiger charge is -2.27. The Labute approximate surface area is 118 Å². The van der Waals surface area contributed by atoms with Crippen LogP contribution in [0.4, 0.5) is 0 Å². The van der Waals surface area contributed by atoms with Crippen LogP contribution in [0.15, 0.2) is 12.3 Å². The minimum atomic E-state index is -0.777. The summed E-state index contributed by atoms with van der Waals surface area (Å²) in [6, 6.07) is 1.88. The first-order valence-corrected chi connectivity index (χ1v) is 6.62. The largest absolute Gasteiger partial charge is 0.368 e. The Bertz CT molecular complexity index is 659. The molecule has 1 atom stereocenters. The van der Waals surface area contributed by atoms with Crippen molar-refractivity contribution in [1.82, 2.24) is 19.9 Å². The minimum absolute atomic E-state index is 0.0566. The van der Waals surface area contributed by atoms with Crippen molar-refractivity contribution in [3.05, 3.63) is 29.2 Å². The number of nitrogens with two attached hydrogens (primary N) is 1. The molecule has 6 nitrogen and oxygen atoms in total. The standard InChI is InChI=1S/C14H21N5O/c1-8-6-12-16-7-11(10(3)19(12)18-8)9(2)17-14(4,5)13(15)20/h6-7,9,17H,1-5H3,(H2,15,20). The second-order valence-corrected chi connectivity index (χ2v) is 5.71. The summed E-state index contributed by atoms with van der Waals surface area (Å²) in [4.78, 5) is 15.8. The van der Waals surface area contributed by atoms with Gasteiger partial charge in [-0.2, -0.15) is 5.10 Å². The fourth-order valence-corrected chi connectivity index (χ4v) is 2.29. The van der Waals surface area contributed by atoms with E-state index >= 15 is 0 Å². The summed E-state index contributed by atoms with van der Waals surface area (Å²) in [5, 5.41) is 7.65. The van der Waals surface area contributed by atoms with Gasteiger partial charge < -0.3 is 5.73 Å². The lowest BCUT2D eigenvalue weighted by atomic mass is 10.0. The van der Waals surface area contributed by atoms with Gasteiger partial charge in [0.2, 0.25) is 5.91 Å². The zero-order valence-corrected chi connectivity index (χ0v) is 12.6. The molecule has 2 heterocycles. The molecule has 0 saturated heterocycles. The van der Waals surface area contributed by atoms with Gasteiger partial charge in [0, 0.05) is 29.6 Å². The molecule has 0 saturated carbocycles. The Morgan fingerprint density at radius 3 is 2.70 bits per heavy atom. The Morgan fingerprint density at radius 2 is 2.10 bits per heavy atom. The molecule has 0 aromatic carbocycles. The van der Waals surface area contributed by atoms with E-state index in [4.69, 9.17) is 5.73 Å². The topological polar surface area (TPSA) is 85.3 Å². The Kier molecular flexibility index (Phi) is 3.52. The van der Waals surface area contributed by atoms with Crippen molar-refractivity contribution in [2.45, 2.75) is 46.2 Å². The third-order valence-corrected chi connectivity index (χ3v) is 3.54. The van der Waals surface area contributed by atoms with E-state index in [2.05, 4.69) is 15.4 Å². The second kappa shape index (κ2) is 4.86. The fourth-order valence-electron chi connectivity index (χ4n) is 2.29. The molecule has 1 amide bonds. The summed E-state index contributed by atoms with van der Waals surface area (Å²) in [7, 11) is 0. The van der Waals surface area contributed by atoms with E-state index in [-0.39, 0.29) is 11.9 Å². The zero-order valence-electron chi connectivity index (χ0n) is 12.6. The van der Waals surface area contributed by atoms with Crippen molar-refractivity contribution in [3.63, 3.8) is 0 Å². The molecular weight excluding hydrogens is 254 g/mol. The number of carbonyl (C=O) groups excluding carboxylic acids is 1. The van der Waals surface area contributed by atoms with E-state index in [0.717, 1.165) is 22.6 Å². The highest BCUT2D eigenvalue weighted by atomic mass is 16.1. The number of carbonyl (C=O) groups is 1. The van der Waals surface area contributed by atoms with E-state index in [0.29, 0.717) is 0 Å². The highest BCUT2D eigenvalue weighted by Crippen LogP contribution is 2.20. The van der Waals surface area contributed by atoms with Crippen LogP contribution in [-0.2, 0) is 4.79 Å². The van der Waals surface area contributed by atoms with Crippen molar-refractivity contribution >= 4 is 11.6 Å². The lowest BCUT2D eigenvalue weighted by molar-refractivity contribution is -0.123. The molecule has 0 aliphatic rings.